The van der Waals surface area contributed by atoms with Crippen molar-refractivity contribution in [2.45, 2.75) is 22.3 Å². The molecular weight excluding hydrogens is 356 g/mol. The number of hydrogen-bond acceptors (Lipinski definition) is 4. The SMILES string of the molecule is CN(C)S(=O)(=O)c1cccc(C(=O)N[C@@H]2CCSc3ccccc32)c1. The molecule has 0 radical (unpaired) electrons. The van der Waals surface area contributed by atoms with Crippen LogP contribution in [0.25, 0.3) is 0 Å². The van der Waals surface area contributed by atoms with Crippen LogP contribution in [0.5, 0.6) is 0 Å². The van der Waals surface area contributed by atoms with E-state index in [1.54, 1.807) is 23.9 Å². The number of nitrogens with zero attached hydrogens (tertiary/aromatic N) is 1. The molecule has 1 atom stereocenters. The summed E-state index contributed by atoms with van der Waals surface area (Å²) in [5.74, 6) is 0.680. The molecule has 1 heterocycles. The first-order chi connectivity index (χ1) is 11.9. The Balaban J connectivity index is 1.84. The molecule has 2 aromatic rings. The first kappa shape index (κ1) is 18.0. The van der Waals surface area contributed by atoms with Gasteiger partial charge in [0.1, 0.15) is 0 Å². The maximum absolute atomic E-state index is 12.6. The molecule has 0 aliphatic carbocycles. The van der Waals surface area contributed by atoms with Crippen molar-refractivity contribution >= 4 is 27.7 Å². The van der Waals surface area contributed by atoms with Gasteiger partial charge >= 0.3 is 0 Å². The Morgan fingerprint density at radius 3 is 2.68 bits per heavy atom. The van der Waals surface area contributed by atoms with Gasteiger partial charge in [-0.25, -0.2) is 12.7 Å². The standard InChI is InChI=1S/C18H20N2O3S2/c1-20(2)25(22,23)14-7-5-6-13(12-14)18(21)19-16-10-11-24-17-9-4-3-8-15(16)17/h3-9,12,16H,10-11H2,1-2H3,(H,19,21)/t16-/m1/s1. The third-order valence-electron chi connectivity index (χ3n) is 4.14. The smallest absolute Gasteiger partial charge is 0.251 e. The average Bonchev–Trinajstić information content (AvgIpc) is 2.62. The molecule has 0 spiro atoms. The van der Waals surface area contributed by atoms with E-state index in [1.807, 2.05) is 18.2 Å². The molecule has 0 unspecified atom stereocenters. The molecule has 0 saturated heterocycles. The number of sulfonamides is 1. The summed E-state index contributed by atoms with van der Waals surface area (Å²) < 4.78 is 25.6. The Kier molecular flexibility index (Phi) is 5.17. The van der Waals surface area contributed by atoms with Crippen molar-refractivity contribution in [3.8, 4) is 0 Å². The predicted octanol–water partition coefficient (Wildman–Crippen LogP) is 2.90. The molecule has 2 aromatic carbocycles. The van der Waals surface area contributed by atoms with Gasteiger partial charge in [0.15, 0.2) is 0 Å². The Hall–Kier alpha value is -1.83. The minimum absolute atomic E-state index is 0.0564. The number of nitrogens with one attached hydrogen (secondary N) is 1. The number of fused-ring (bicyclic) bond motifs is 1. The number of thioether (sulfide) groups is 1. The molecule has 0 bridgehead atoms. The van der Waals surface area contributed by atoms with Gasteiger partial charge in [0, 0.05) is 30.3 Å². The van der Waals surface area contributed by atoms with Crippen LogP contribution in [0, 0.1) is 0 Å². The molecular formula is C18H20N2O3S2. The van der Waals surface area contributed by atoms with Crippen LogP contribution in [-0.2, 0) is 10.0 Å². The lowest BCUT2D eigenvalue weighted by molar-refractivity contribution is 0.0934. The average molecular weight is 377 g/mol. The van der Waals surface area contributed by atoms with Crippen molar-refractivity contribution in [3.63, 3.8) is 0 Å². The first-order valence-corrected chi connectivity index (χ1v) is 10.4. The molecule has 0 aromatic heterocycles. The molecule has 0 fully saturated rings. The van der Waals surface area contributed by atoms with Crippen molar-refractivity contribution in [2.24, 2.45) is 0 Å². The molecule has 0 saturated carbocycles. The quantitative estimate of drug-likeness (QED) is 0.891. The molecule has 1 amide bonds. The Bertz CT molecular complexity index is 895. The normalized spacial score (nSPS) is 17.2. The maximum atomic E-state index is 12.6. The number of benzene rings is 2. The minimum Gasteiger partial charge on any atom is -0.345 e. The van der Waals surface area contributed by atoms with E-state index in [0.29, 0.717) is 5.56 Å². The summed E-state index contributed by atoms with van der Waals surface area (Å²) in [7, 11) is -0.623. The fourth-order valence-corrected chi connectivity index (χ4v) is 4.82. The molecule has 25 heavy (non-hydrogen) atoms. The van der Waals surface area contributed by atoms with E-state index in [0.717, 1.165) is 22.0 Å². The van der Waals surface area contributed by atoms with Gasteiger partial charge in [-0.1, -0.05) is 24.3 Å². The second kappa shape index (κ2) is 7.19. The van der Waals surface area contributed by atoms with Crippen LogP contribution in [0.15, 0.2) is 58.3 Å². The van der Waals surface area contributed by atoms with E-state index < -0.39 is 10.0 Å². The number of hydrogen-bond donors (Lipinski definition) is 1. The number of carbonyl (C=O) groups excluding carboxylic acids is 1. The lowest BCUT2D eigenvalue weighted by Crippen LogP contribution is -2.31. The van der Waals surface area contributed by atoms with Gasteiger partial charge in [0.25, 0.3) is 5.91 Å². The molecule has 132 valence electrons. The fraction of sp³-hybridized carbons (Fsp3) is 0.278. The van der Waals surface area contributed by atoms with Crippen LogP contribution in [0.3, 0.4) is 0 Å². The topological polar surface area (TPSA) is 66.5 Å². The zero-order valence-electron chi connectivity index (χ0n) is 14.1. The second-order valence-electron chi connectivity index (χ2n) is 6.02. The van der Waals surface area contributed by atoms with E-state index in [4.69, 9.17) is 0 Å². The zero-order valence-corrected chi connectivity index (χ0v) is 15.7. The van der Waals surface area contributed by atoms with Gasteiger partial charge in [-0.2, -0.15) is 0 Å². The maximum Gasteiger partial charge on any atom is 0.251 e. The second-order valence-corrected chi connectivity index (χ2v) is 9.30. The first-order valence-electron chi connectivity index (χ1n) is 7.95. The Morgan fingerprint density at radius 2 is 1.92 bits per heavy atom. The van der Waals surface area contributed by atoms with Crippen molar-refractivity contribution in [2.75, 3.05) is 19.8 Å². The van der Waals surface area contributed by atoms with Crippen LogP contribution in [-0.4, -0.2) is 38.5 Å². The van der Waals surface area contributed by atoms with Gasteiger partial charge in [-0.3, -0.25) is 4.79 Å². The van der Waals surface area contributed by atoms with Crippen LogP contribution in [0.4, 0.5) is 0 Å². The highest BCUT2D eigenvalue weighted by Gasteiger charge is 2.23. The lowest BCUT2D eigenvalue weighted by atomic mass is 10.0. The van der Waals surface area contributed by atoms with Crippen molar-refractivity contribution in [1.29, 1.82) is 0 Å². The summed E-state index contributed by atoms with van der Waals surface area (Å²) in [4.78, 5) is 13.9. The molecule has 5 nitrogen and oxygen atoms in total. The molecule has 7 heteroatoms. The highest BCUT2D eigenvalue weighted by molar-refractivity contribution is 7.99. The fourth-order valence-electron chi connectivity index (χ4n) is 2.74. The Labute approximate surface area is 152 Å². The van der Waals surface area contributed by atoms with Gasteiger partial charge in [0.05, 0.1) is 10.9 Å². The summed E-state index contributed by atoms with van der Waals surface area (Å²) in [6.45, 7) is 0. The lowest BCUT2D eigenvalue weighted by Gasteiger charge is -2.26. The third-order valence-corrected chi connectivity index (χ3v) is 7.07. The monoisotopic (exact) mass is 376 g/mol. The van der Waals surface area contributed by atoms with Gasteiger partial charge in [-0.05, 0) is 36.2 Å². The number of amides is 1. The minimum atomic E-state index is -3.56. The van der Waals surface area contributed by atoms with Crippen molar-refractivity contribution in [1.82, 2.24) is 9.62 Å². The highest BCUT2D eigenvalue weighted by Crippen LogP contribution is 2.35. The van der Waals surface area contributed by atoms with Crippen LogP contribution in [0.1, 0.15) is 28.4 Å². The van der Waals surface area contributed by atoms with Crippen molar-refractivity contribution < 1.29 is 13.2 Å². The van der Waals surface area contributed by atoms with Crippen LogP contribution in [0.2, 0.25) is 0 Å². The van der Waals surface area contributed by atoms with Crippen LogP contribution < -0.4 is 5.32 Å². The largest absolute Gasteiger partial charge is 0.345 e. The van der Waals surface area contributed by atoms with Gasteiger partial charge in [-0.15, -0.1) is 11.8 Å². The summed E-state index contributed by atoms with van der Waals surface area (Å²) in [5.41, 5.74) is 1.46. The molecule has 1 N–H and O–H groups in total. The molecule has 1 aliphatic rings. The van der Waals surface area contributed by atoms with E-state index >= 15 is 0 Å². The Morgan fingerprint density at radius 1 is 1.16 bits per heavy atom. The summed E-state index contributed by atoms with van der Waals surface area (Å²) >= 11 is 1.79. The molecule has 3 rings (SSSR count). The third kappa shape index (κ3) is 3.73. The van der Waals surface area contributed by atoms with E-state index in [9.17, 15) is 13.2 Å². The zero-order chi connectivity index (χ0) is 18.0. The summed E-state index contributed by atoms with van der Waals surface area (Å²) in [6.07, 6.45) is 0.850. The number of carbonyl (C=O) groups is 1. The van der Waals surface area contributed by atoms with Gasteiger partial charge in [0.2, 0.25) is 10.0 Å². The number of rotatable bonds is 4. The van der Waals surface area contributed by atoms with Crippen LogP contribution >= 0.6 is 11.8 Å². The summed E-state index contributed by atoms with van der Waals surface area (Å²) in [5, 5.41) is 3.04. The van der Waals surface area contributed by atoms with Gasteiger partial charge < -0.3 is 5.32 Å². The summed E-state index contributed by atoms with van der Waals surface area (Å²) in [6, 6.07) is 14.1. The predicted molar refractivity (Wildman–Crippen MR) is 99.3 cm³/mol. The van der Waals surface area contributed by atoms with E-state index in [2.05, 4.69) is 11.4 Å². The molecule has 1 aliphatic heterocycles. The highest BCUT2D eigenvalue weighted by atomic mass is 32.2. The van der Waals surface area contributed by atoms with E-state index in [-0.39, 0.29) is 16.8 Å². The van der Waals surface area contributed by atoms with E-state index in [1.165, 1.54) is 31.1 Å². The van der Waals surface area contributed by atoms with Crippen molar-refractivity contribution in [3.05, 3.63) is 59.7 Å².